The number of nitrogens with zero attached hydrogens (tertiary/aromatic N) is 1. The quantitative estimate of drug-likeness (QED) is 0.858. The van der Waals surface area contributed by atoms with Gasteiger partial charge in [-0.2, -0.15) is 0 Å². The van der Waals surface area contributed by atoms with E-state index < -0.39 is 0 Å². The van der Waals surface area contributed by atoms with Crippen LogP contribution in [0.1, 0.15) is 11.1 Å². The molecule has 0 aliphatic heterocycles. The van der Waals surface area contributed by atoms with Gasteiger partial charge in [-0.1, -0.05) is 36.5 Å². The van der Waals surface area contributed by atoms with E-state index in [2.05, 4.69) is 11.0 Å². The molecule has 0 spiro atoms. The number of thiocarbonyl (C=S) groups is 1. The number of nitrogens with two attached hydrogens (primary N) is 1. The van der Waals surface area contributed by atoms with Gasteiger partial charge in [0, 0.05) is 24.8 Å². The first kappa shape index (κ1) is 14.3. The van der Waals surface area contributed by atoms with E-state index >= 15 is 0 Å². The monoisotopic (exact) mass is 286 g/mol. The molecule has 0 heterocycles. The highest BCUT2D eigenvalue weighted by Gasteiger charge is 2.09. The third-order valence-electron chi connectivity index (χ3n) is 3.13. The fourth-order valence-electron chi connectivity index (χ4n) is 2.14. The maximum absolute atomic E-state index is 5.78. The smallest absolute Gasteiger partial charge is 0.119 e. The Kier molecular flexibility index (Phi) is 4.58. The molecule has 4 heteroatoms. The van der Waals surface area contributed by atoms with Gasteiger partial charge in [0.25, 0.3) is 0 Å². The van der Waals surface area contributed by atoms with Crippen LogP contribution in [0.5, 0.6) is 5.75 Å². The van der Waals surface area contributed by atoms with Gasteiger partial charge in [-0.3, -0.25) is 0 Å². The lowest BCUT2D eigenvalue weighted by Gasteiger charge is -2.22. The van der Waals surface area contributed by atoms with Crippen LogP contribution in [-0.4, -0.2) is 19.1 Å². The zero-order valence-corrected chi connectivity index (χ0v) is 12.5. The summed E-state index contributed by atoms with van der Waals surface area (Å²) in [6.45, 7) is 0.761. The molecule has 0 aromatic heterocycles. The fraction of sp³-hybridized carbons (Fsp3) is 0.188. The molecule has 0 bridgehead atoms. The first-order chi connectivity index (χ1) is 9.61. The molecule has 0 radical (unpaired) electrons. The lowest BCUT2D eigenvalue weighted by atomic mass is 10.1. The van der Waals surface area contributed by atoms with Crippen LogP contribution < -0.4 is 15.4 Å². The second-order valence-electron chi connectivity index (χ2n) is 4.59. The normalized spacial score (nSPS) is 10.1. The first-order valence-electron chi connectivity index (χ1n) is 6.34. The molecule has 0 saturated heterocycles. The number of methoxy groups -OCH3 is 1. The molecule has 2 rings (SSSR count). The van der Waals surface area contributed by atoms with Gasteiger partial charge in [-0.25, -0.2) is 0 Å². The Bertz CT molecular complexity index is 613. The average molecular weight is 286 g/mol. The van der Waals surface area contributed by atoms with Crippen LogP contribution in [-0.2, 0) is 6.54 Å². The van der Waals surface area contributed by atoms with Crippen molar-refractivity contribution in [3.05, 3.63) is 59.7 Å². The van der Waals surface area contributed by atoms with Crippen LogP contribution in [0.2, 0.25) is 0 Å². The number of para-hydroxylation sites is 1. The highest BCUT2D eigenvalue weighted by Crippen LogP contribution is 2.22. The third-order valence-corrected chi connectivity index (χ3v) is 3.35. The van der Waals surface area contributed by atoms with Gasteiger partial charge in [0.05, 0.1) is 7.11 Å². The lowest BCUT2D eigenvalue weighted by molar-refractivity contribution is 0.414. The minimum atomic E-state index is 0.415. The molecular weight excluding hydrogens is 268 g/mol. The molecule has 0 aliphatic carbocycles. The summed E-state index contributed by atoms with van der Waals surface area (Å²) < 4.78 is 5.24. The highest BCUT2D eigenvalue weighted by atomic mass is 32.1. The summed E-state index contributed by atoms with van der Waals surface area (Å²) in [6.07, 6.45) is 0. The minimum Gasteiger partial charge on any atom is -0.497 e. The van der Waals surface area contributed by atoms with E-state index in [0.29, 0.717) is 4.99 Å². The Morgan fingerprint density at radius 3 is 2.65 bits per heavy atom. The van der Waals surface area contributed by atoms with Gasteiger partial charge in [0.1, 0.15) is 10.7 Å². The van der Waals surface area contributed by atoms with Crippen LogP contribution in [0.4, 0.5) is 5.69 Å². The molecule has 20 heavy (non-hydrogen) atoms. The molecule has 0 amide bonds. The van der Waals surface area contributed by atoms with Crippen molar-refractivity contribution in [3.63, 3.8) is 0 Å². The van der Waals surface area contributed by atoms with E-state index in [9.17, 15) is 0 Å². The Morgan fingerprint density at radius 1 is 1.20 bits per heavy atom. The molecule has 3 nitrogen and oxygen atoms in total. The third kappa shape index (κ3) is 3.27. The number of ether oxygens (including phenoxy) is 1. The van der Waals surface area contributed by atoms with Crippen molar-refractivity contribution >= 4 is 22.9 Å². The Balaban J connectivity index is 2.23. The van der Waals surface area contributed by atoms with Gasteiger partial charge in [0.15, 0.2) is 0 Å². The second kappa shape index (κ2) is 6.39. The topological polar surface area (TPSA) is 38.5 Å². The molecule has 0 fully saturated rings. The number of benzene rings is 2. The molecule has 104 valence electrons. The van der Waals surface area contributed by atoms with Crippen molar-refractivity contribution in [2.45, 2.75) is 6.54 Å². The molecule has 2 N–H and O–H groups in total. The van der Waals surface area contributed by atoms with Gasteiger partial charge >= 0.3 is 0 Å². The molecule has 0 saturated carbocycles. The summed E-state index contributed by atoms with van der Waals surface area (Å²) in [6, 6.07) is 15.9. The predicted molar refractivity (Wildman–Crippen MR) is 87.4 cm³/mol. The Labute approximate surface area is 125 Å². The van der Waals surface area contributed by atoms with Crippen molar-refractivity contribution < 1.29 is 4.74 Å². The molecule has 0 atom stereocenters. The molecule has 0 aliphatic rings. The molecule has 2 aromatic rings. The summed E-state index contributed by atoms with van der Waals surface area (Å²) in [7, 11) is 3.70. The number of hydrogen-bond donors (Lipinski definition) is 1. The van der Waals surface area contributed by atoms with Crippen molar-refractivity contribution in [1.82, 2.24) is 0 Å². The number of rotatable bonds is 5. The summed E-state index contributed by atoms with van der Waals surface area (Å²) in [5, 5.41) is 0. The number of anilines is 1. The Hall–Kier alpha value is -2.07. The zero-order valence-electron chi connectivity index (χ0n) is 11.7. The van der Waals surface area contributed by atoms with E-state index in [1.54, 1.807) is 7.11 Å². The average Bonchev–Trinajstić information content (AvgIpc) is 2.47. The highest BCUT2D eigenvalue weighted by molar-refractivity contribution is 7.80. The van der Waals surface area contributed by atoms with Crippen LogP contribution in [0.3, 0.4) is 0 Å². The van der Waals surface area contributed by atoms with Crippen molar-refractivity contribution in [2.75, 3.05) is 19.1 Å². The van der Waals surface area contributed by atoms with Crippen molar-refractivity contribution in [1.29, 1.82) is 0 Å². The molecule has 0 unspecified atom stereocenters. The van der Waals surface area contributed by atoms with E-state index in [1.165, 1.54) is 5.56 Å². The standard InChI is InChI=1S/C16H18N2OS/c1-18(11-12-6-5-7-13(10-12)19-2)15-9-4-3-8-14(15)16(17)20/h3-10H,11H2,1-2H3,(H2,17,20). The van der Waals surface area contributed by atoms with Crippen molar-refractivity contribution in [3.8, 4) is 5.75 Å². The van der Waals surface area contributed by atoms with Crippen LogP contribution >= 0.6 is 12.2 Å². The summed E-state index contributed by atoms with van der Waals surface area (Å²) in [5.41, 5.74) is 8.87. The van der Waals surface area contributed by atoms with E-state index in [0.717, 1.165) is 23.5 Å². The largest absolute Gasteiger partial charge is 0.497 e. The van der Waals surface area contributed by atoms with E-state index in [1.807, 2.05) is 49.5 Å². The minimum absolute atomic E-state index is 0.415. The van der Waals surface area contributed by atoms with Crippen molar-refractivity contribution in [2.24, 2.45) is 5.73 Å². The summed E-state index contributed by atoms with van der Waals surface area (Å²) in [4.78, 5) is 2.54. The van der Waals surface area contributed by atoms with Crippen LogP contribution in [0, 0.1) is 0 Å². The lowest BCUT2D eigenvalue weighted by Crippen LogP contribution is -2.21. The zero-order chi connectivity index (χ0) is 14.5. The van der Waals surface area contributed by atoms with E-state index in [-0.39, 0.29) is 0 Å². The second-order valence-corrected chi connectivity index (χ2v) is 5.03. The maximum Gasteiger partial charge on any atom is 0.119 e. The molecule has 2 aromatic carbocycles. The summed E-state index contributed by atoms with van der Waals surface area (Å²) in [5.74, 6) is 0.860. The molecular formula is C16H18N2OS. The van der Waals surface area contributed by atoms with E-state index in [4.69, 9.17) is 22.7 Å². The van der Waals surface area contributed by atoms with Gasteiger partial charge in [0.2, 0.25) is 0 Å². The Morgan fingerprint density at radius 2 is 1.95 bits per heavy atom. The summed E-state index contributed by atoms with van der Waals surface area (Å²) >= 11 is 5.10. The predicted octanol–water partition coefficient (Wildman–Crippen LogP) is 2.97. The SMILES string of the molecule is COc1cccc(CN(C)c2ccccc2C(N)=S)c1. The number of hydrogen-bond acceptors (Lipinski definition) is 3. The first-order valence-corrected chi connectivity index (χ1v) is 6.75. The van der Waals surface area contributed by atoms with Gasteiger partial charge in [-0.15, -0.1) is 0 Å². The maximum atomic E-state index is 5.78. The van der Waals surface area contributed by atoms with Gasteiger partial charge in [-0.05, 0) is 29.8 Å². The fourth-order valence-corrected chi connectivity index (χ4v) is 2.32. The van der Waals surface area contributed by atoms with Crippen LogP contribution in [0.15, 0.2) is 48.5 Å². The van der Waals surface area contributed by atoms with Gasteiger partial charge < -0.3 is 15.4 Å². The van der Waals surface area contributed by atoms with Crippen LogP contribution in [0.25, 0.3) is 0 Å².